The van der Waals surface area contributed by atoms with E-state index in [9.17, 15) is 4.79 Å². The highest BCUT2D eigenvalue weighted by Gasteiger charge is 2.15. The average Bonchev–Trinajstić information content (AvgIpc) is 1.89. The van der Waals surface area contributed by atoms with Crippen molar-refractivity contribution in [2.75, 3.05) is 6.54 Å². The first kappa shape index (κ1) is 6.07. The molecule has 0 aromatic carbocycles. The fourth-order valence-electron chi connectivity index (χ4n) is 0.769. The molecule has 0 aromatic heterocycles. The van der Waals surface area contributed by atoms with Gasteiger partial charge in [-0.3, -0.25) is 4.79 Å². The number of hydrogen-bond acceptors (Lipinski definition) is 3. The van der Waals surface area contributed by atoms with Crippen LogP contribution in [-0.4, -0.2) is 23.4 Å². The molecule has 9 heavy (non-hydrogen) atoms. The van der Waals surface area contributed by atoms with E-state index in [0.29, 0.717) is 13.0 Å². The normalized spacial score (nSPS) is 24.0. The molecule has 0 bridgehead atoms. The lowest BCUT2D eigenvalue weighted by Crippen LogP contribution is -2.36. The lowest BCUT2D eigenvalue weighted by atomic mass is 10.1. The van der Waals surface area contributed by atoms with Crippen LogP contribution in [0, 0.1) is 0 Å². The molecule has 2 N–H and O–H groups in total. The number of nitrogens with one attached hydrogen (secondary N) is 1. The van der Waals surface area contributed by atoms with Gasteiger partial charge in [0, 0.05) is 13.0 Å². The summed E-state index contributed by atoms with van der Waals surface area (Å²) in [5.41, 5.74) is 0.237. The fourth-order valence-corrected chi connectivity index (χ4v) is 0.769. The Kier molecular flexibility index (Phi) is 1.67. The molecule has 0 atom stereocenters. The molecule has 1 rings (SSSR count). The quantitative estimate of drug-likeness (QED) is 0.348. The van der Waals surface area contributed by atoms with Gasteiger partial charge in [-0.2, -0.15) is 0 Å². The van der Waals surface area contributed by atoms with Crippen LogP contribution < -0.4 is 5.32 Å². The summed E-state index contributed by atoms with van der Waals surface area (Å²) in [5.74, 6) is -0.247. The summed E-state index contributed by atoms with van der Waals surface area (Å²) >= 11 is 0. The molecule has 50 valence electrons. The molecule has 0 aliphatic carbocycles. The number of carbonyl (C=O) groups excluding carboxylic acids is 1. The van der Waals surface area contributed by atoms with Gasteiger partial charge < -0.3 is 10.5 Å². The number of rotatable bonds is 0. The molecule has 1 amide bonds. The molecule has 0 unspecified atom stereocenters. The molecule has 0 aromatic rings. The topological polar surface area (TPSA) is 61.7 Å². The van der Waals surface area contributed by atoms with Gasteiger partial charge in [0.1, 0.15) is 5.71 Å². The lowest BCUT2D eigenvalue weighted by molar-refractivity contribution is -0.115. The van der Waals surface area contributed by atoms with Gasteiger partial charge in [0.2, 0.25) is 0 Å². The second-order valence-corrected chi connectivity index (χ2v) is 1.91. The number of carbonyl (C=O) groups is 1. The van der Waals surface area contributed by atoms with E-state index in [1.807, 2.05) is 0 Å². The number of amides is 1. The van der Waals surface area contributed by atoms with E-state index >= 15 is 0 Å². The first-order valence-corrected chi connectivity index (χ1v) is 2.83. The van der Waals surface area contributed by atoms with Crippen molar-refractivity contribution in [3.05, 3.63) is 0 Å². The Balaban J connectivity index is 2.60. The molecule has 1 heterocycles. The second kappa shape index (κ2) is 2.48. The molecular formula is C5H8N2O2. The highest BCUT2D eigenvalue weighted by atomic mass is 16.4. The molecule has 0 saturated carbocycles. The maximum absolute atomic E-state index is 10.6. The van der Waals surface area contributed by atoms with E-state index in [4.69, 9.17) is 5.21 Å². The SMILES string of the molecule is O=C1NCCCC1=NO. The number of piperidine rings is 1. The van der Waals surface area contributed by atoms with Gasteiger partial charge in [-0.05, 0) is 6.42 Å². The largest absolute Gasteiger partial charge is 0.410 e. The van der Waals surface area contributed by atoms with Crippen LogP contribution in [0.1, 0.15) is 12.8 Å². The third-order valence-corrected chi connectivity index (χ3v) is 1.26. The third-order valence-electron chi connectivity index (χ3n) is 1.26. The maximum Gasteiger partial charge on any atom is 0.269 e. The van der Waals surface area contributed by atoms with Crippen LogP contribution >= 0.6 is 0 Å². The van der Waals surface area contributed by atoms with Crippen molar-refractivity contribution in [2.45, 2.75) is 12.8 Å². The Morgan fingerprint density at radius 1 is 1.67 bits per heavy atom. The van der Waals surface area contributed by atoms with Crippen LogP contribution in [-0.2, 0) is 4.79 Å². The van der Waals surface area contributed by atoms with Gasteiger partial charge in [0.15, 0.2) is 0 Å². The van der Waals surface area contributed by atoms with E-state index < -0.39 is 0 Å². The van der Waals surface area contributed by atoms with Crippen molar-refractivity contribution < 1.29 is 10.0 Å². The Labute approximate surface area is 52.5 Å². The van der Waals surface area contributed by atoms with Crippen molar-refractivity contribution in [1.29, 1.82) is 0 Å². The minimum atomic E-state index is -0.247. The van der Waals surface area contributed by atoms with Crippen LogP contribution in [0.5, 0.6) is 0 Å². The molecule has 1 aliphatic rings. The van der Waals surface area contributed by atoms with Gasteiger partial charge in [-0.15, -0.1) is 0 Å². The summed E-state index contributed by atoms with van der Waals surface area (Å²) < 4.78 is 0. The van der Waals surface area contributed by atoms with E-state index in [-0.39, 0.29) is 11.6 Å². The zero-order valence-electron chi connectivity index (χ0n) is 4.92. The molecular weight excluding hydrogens is 120 g/mol. The van der Waals surface area contributed by atoms with Gasteiger partial charge in [-0.25, -0.2) is 0 Å². The minimum Gasteiger partial charge on any atom is -0.410 e. The van der Waals surface area contributed by atoms with Crippen LogP contribution in [0.25, 0.3) is 0 Å². The fraction of sp³-hybridized carbons (Fsp3) is 0.600. The molecule has 1 fully saturated rings. The summed E-state index contributed by atoms with van der Waals surface area (Å²) in [6, 6.07) is 0. The van der Waals surface area contributed by atoms with Crippen LogP contribution in [0.15, 0.2) is 5.16 Å². The predicted octanol–water partition coefficient (Wildman–Crippen LogP) is -0.273. The van der Waals surface area contributed by atoms with Crippen molar-refractivity contribution >= 4 is 11.6 Å². The summed E-state index contributed by atoms with van der Waals surface area (Å²) in [7, 11) is 0. The zero-order valence-corrected chi connectivity index (χ0v) is 4.92. The Morgan fingerprint density at radius 3 is 2.89 bits per heavy atom. The third kappa shape index (κ3) is 1.19. The molecule has 0 radical (unpaired) electrons. The van der Waals surface area contributed by atoms with E-state index in [2.05, 4.69) is 10.5 Å². The number of nitrogens with zero attached hydrogens (tertiary/aromatic N) is 1. The molecule has 4 nitrogen and oxygen atoms in total. The van der Waals surface area contributed by atoms with E-state index in [1.54, 1.807) is 0 Å². The van der Waals surface area contributed by atoms with Crippen molar-refractivity contribution in [2.24, 2.45) is 5.16 Å². The Morgan fingerprint density at radius 2 is 2.44 bits per heavy atom. The summed E-state index contributed by atoms with van der Waals surface area (Å²) in [6.45, 7) is 0.692. The first-order valence-electron chi connectivity index (χ1n) is 2.83. The summed E-state index contributed by atoms with van der Waals surface area (Å²) in [6.07, 6.45) is 1.45. The monoisotopic (exact) mass is 128 g/mol. The minimum absolute atomic E-state index is 0.237. The van der Waals surface area contributed by atoms with Gasteiger partial charge in [0.05, 0.1) is 0 Å². The van der Waals surface area contributed by atoms with Gasteiger partial charge in [0.25, 0.3) is 5.91 Å². The van der Waals surface area contributed by atoms with E-state index in [1.165, 1.54) is 0 Å². The van der Waals surface area contributed by atoms with Crippen LogP contribution in [0.2, 0.25) is 0 Å². The Hall–Kier alpha value is -1.06. The zero-order chi connectivity index (χ0) is 6.69. The van der Waals surface area contributed by atoms with Gasteiger partial charge >= 0.3 is 0 Å². The molecule has 1 aliphatic heterocycles. The van der Waals surface area contributed by atoms with E-state index in [0.717, 1.165) is 6.42 Å². The van der Waals surface area contributed by atoms with Crippen molar-refractivity contribution in [3.8, 4) is 0 Å². The highest BCUT2D eigenvalue weighted by molar-refractivity contribution is 6.39. The predicted molar refractivity (Wildman–Crippen MR) is 31.5 cm³/mol. The number of hydrogen-bond donors (Lipinski definition) is 2. The second-order valence-electron chi connectivity index (χ2n) is 1.91. The summed E-state index contributed by atoms with van der Waals surface area (Å²) in [5, 5.41) is 13.6. The average molecular weight is 128 g/mol. The summed E-state index contributed by atoms with van der Waals surface area (Å²) in [4.78, 5) is 10.6. The van der Waals surface area contributed by atoms with Crippen molar-refractivity contribution in [1.82, 2.24) is 5.32 Å². The van der Waals surface area contributed by atoms with Crippen molar-refractivity contribution in [3.63, 3.8) is 0 Å². The highest BCUT2D eigenvalue weighted by Crippen LogP contribution is 1.97. The lowest BCUT2D eigenvalue weighted by Gasteiger charge is -2.10. The van der Waals surface area contributed by atoms with Gasteiger partial charge in [-0.1, -0.05) is 5.16 Å². The Bertz CT molecular complexity index is 153. The van der Waals surface area contributed by atoms with Crippen LogP contribution in [0.3, 0.4) is 0 Å². The van der Waals surface area contributed by atoms with Crippen LogP contribution in [0.4, 0.5) is 0 Å². The standard InChI is InChI=1S/C5H8N2O2/c8-5-4(7-9)2-1-3-6-5/h9H,1-3H2,(H,6,8). The molecule has 0 spiro atoms. The smallest absolute Gasteiger partial charge is 0.269 e. The first-order chi connectivity index (χ1) is 4.34. The molecule has 4 heteroatoms. The maximum atomic E-state index is 10.6. The number of oxime groups is 1. The molecule has 1 saturated heterocycles.